The first-order valence-corrected chi connectivity index (χ1v) is 18.6. The summed E-state index contributed by atoms with van der Waals surface area (Å²) in [5, 5.41) is 0. The molecule has 2 aliphatic carbocycles. The predicted octanol–water partition coefficient (Wildman–Crippen LogP) is 7.53. The summed E-state index contributed by atoms with van der Waals surface area (Å²) in [6, 6.07) is 49.9. The number of nitrogens with one attached hydrogen (secondary N) is 1. The Kier molecular flexibility index (Phi) is 10.1. The van der Waals surface area contributed by atoms with Crippen LogP contribution in [0.3, 0.4) is 0 Å². The number of nitrogens with zero attached hydrogens (tertiary/aromatic N) is 1. The second-order valence-electron chi connectivity index (χ2n) is 13.5. The summed E-state index contributed by atoms with van der Waals surface area (Å²) in [5.74, 6) is 0.438. The molecule has 0 heterocycles. The molecule has 2 aliphatic rings. The molecule has 4 atom stereocenters. The maximum absolute atomic E-state index is 14.5. The summed E-state index contributed by atoms with van der Waals surface area (Å²) >= 11 is 0. The van der Waals surface area contributed by atoms with E-state index in [1.165, 1.54) is 9.98 Å². The molecule has 0 unspecified atom stereocenters. The van der Waals surface area contributed by atoms with Crippen LogP contribution in [0.4, 0.5) is 0 Å². The van der Waals surface area contributed by atoms with Gasteiger partial charge in [-0.3, -0.25) is 0 Å². The minimum absolute atomic E-state index is 0.178. The topological polar surface area (TPSA) is 67.9 Å². The molecule has 0 saturated heterocycles. The lowest BCUT2D eigenvalue weighted by Crippen LogP contribution is -2.50. The summed E-state index contributed by atoms with van der Waals surface area (Å²) in [4.78, 5) is 0.274. The molecule has 0 spiro atoms. The van der Waals surface area contributed by atoms with Crippen LogP contribution in [-0.4, -0.2) is 39.1 Å². The lowest BCUT2D eigenvalue weighted by molar-refractivity contribution is 0.102. The molecular weight excluding hydrogens is 629 g/mol. The van der Waals surface area contributed by atoms with Crippen molar-refractivity contribution < 1.29 is 17.9 Å². The normalized spacial score (nSPS) is 23.0. The minimum Gasteiger partial charge on any atom is -0.376 e. The maximum Gasteiger partial charge on any atom is 0.255 e. The molecule has 49 heavy (non-hydrogen) atoms. The average molecular weight is 673 g/mol. The molecule has 7 heteroatoms. The van der Waals surface area contributed by atoms with Crippen LogP contribution in [0, 0.1) is 11.8 Å². The van der Waals surface area contributed by atoms with E-state index in [4.69, 9.17) is 9.47 Å². The van der Waals surface area contributed by atoms with E-state index in [-0.39, 0.29) is 27.6 Å². The van der Waals surface area contributed by atoms with Crippen molar-refractivity contribution in [3.05, 3.63) is 174 Å². The van der Waals surface area contributed by atoms with Crippen LogP contribution in [-0.2, 0) is 43.5 Å². The first-order chi connectivity index (χ1) is 24.0. The highest BCUT2D eigenvalue weighted by molar-refractivity contribution is 7.89. The Labute approximate surface area is 290 Å². The van der Waals surface area contributed by atoms with Crippen LogP contribution in [0.2, 0.25) is 0 Å². The molecular formula is C42H44N2O4S. The van der Waals surface area contributed by atoms with Crippen molar-refractivity contribution in [3.63, 3.8) is 0 Å². The number of hydrogen-bond acceptors (Lipinski definition) is 5. The van der Waals surface area contributed by atoms with Crippen LogP contribution in [0.15, 0.2) is 157 Å². The monoisotopic (exact) mass is 672 g/mol. The highest BCUT2D eigenvalue weighted by Crippen LogP contribution is 2.56. The first kappa shape index (κ1) is 33.4. The quantitative estimate of drug-likeness (QED) is 0.104. The molecule has 0 bridgehead atoms. The van der Waals surface area contributed by atoms with Gasteiger partial charge in [0.25, 0.3) is 10.0 Å². The third-order valence-corrected chi connectivity index (χ3v) is 12.1. The van der Waals surface area contributed by atoms with Gasteiger partial charge >= 0.3 is 0 Å². The number of benzene rings is 5. The zero-order valence-electron chi connectivity index (χ0n) is 27.7. The van der Waals surface area contributed by atoms with Gasteiger partial charge in [0.15, 0.2) is 0 Å². The summed E-state index contributed by atoms with van der Waals surface area (Å²) in [7, 11) is -3.89. The molecule has 1 N–H and O–H groups in total. The van der Waals surface area contributed by atoms with Gasteiger partial charge in [-0.15, -0.1) is 4.41 Å². The maximum atomic E-state index is 14.5. The minimum atomic E-state index is -3.89. The molecule has 5 aromatic rings. The molecule has 5 aromatic carbocycles. The Bertz CT molecular complexity index is 1880. The van der Waals surface area contributed by atoms with E-state index in [1.807, 2.05) is 66.7 Å². The molecule has 0 aromatic heterocycles. The lowest BCUT2D eigenvalue weighted by Gasteiger charge is -2.31. The zero-order chi connectivity index (χ0) is 33.6. The van der Waals surface area contributed by atoms with Gasteiger partial charge in [-0.05, 0) is 59.1 Å². The van der Waals surface area contributed by atoms with Gasteiger partial charge < -0.3 is 9.47 Å². The van der Waals surface area contributed by atoms with Crippen molar-refractivity contribution in [2.45, 2.75) is 41.8 Å². The van der Waals surface area contributed by atoms with Gasteiger partial charge in [0, 0.05) is 23.9 Å². The first-order valence-electron chi connectivity index (χ1n) is 17.2. The van der Waals surface area contributed by atoms with E-state index < -0.39 is 10.0 Å². The summed E-state index contributed by atoms with van der Waals surface area (Å²) in [6.07, 6.45) is 1.76. The fourth-order valence-corrected chi connectivity index (χ4v) is 8.66. The SMILES string of the molecule is O=S(=O)(c1ccccc1)N(C[C@]1(c2ccccc2)C[C@H]1COCc1ccccc1)NC[C@]1(c2ccccc2)C[C@H]1COCc1ccccc1. The van der Waals surface area contributed by atoms with Crippen molar-refractivity contribution in [2.24, 2.45) is 11.8 Å². The second-order valence-corrected chi connectivity index (χ2v) is 15.4. The third-order valence-electron chi connectivity index (χ3n) is 10.4. The van der Waals surface area contributed by atoms with E-state index in [9.17, 15) is 8.42 Å². The molecule has 2 saturated carbocycles. The summed E-state index contributed by atoms with van der Waals surface area (Å²) in [5.41, 5.74) is 7.49. The van der Waals surface area contributed by atoms with E-state index in [0.717, 1.165) is 29.5 Å². The van der Waals surface area contributed by atoms with E-state index in [1.54, 1.807) is 24.3 Å². The molecule has 252 valence electrons. The van der Waals surface area contributed by atoms with E-state index in [2.05, 4.69) is 66.1 Å². The predicted molar refractivity (Wildman–Crippen MR) is 193 cm³/mol. The Morgan fingerprint density at radius 2 is 0.980 bits per heavy atom. The van der Waals surface area contributed by atoms with Crippen molar-refractivity contribution in [2.75, 3.05) is 26.3 Å². The van der Waals surface area contributed by atoms with Crippen LogP contribution in [0.25, 0.3) is 0 Å². The number of ether oxygens (including phenoxy) is 2. The Balaban J connectivity index is 1.13. The molecule has 0 aliphatic heterocycles. The average Bonchev–Trinajstić information content (AvgIpc) is 4.07. The Morgan fingerprint density at radius 3 is 1.49 bits per heavy atom. The van der Waals surface area contributed by atoms with Crippen LogP contribution >= 0.6 is 0 Å². The largest absolute Gasteiger partial charge is 0.376 e. The number of sulfonamides is 1. The van der Waals surface area contributed by atoms with Gasteiger partial charge in [-0.1, -0.05) is 140 Å². The molecule has 6 nitrogen and oxygen atoms in total. The zero-order valence-corrected chi connectivity index (χ0v) is 28.6. The van der Waals surface area contributed by atoms with E-state index in [0.29, 0.717) is 39.5 Å². The number of rotatable bonds is 17. The highest BCUT2D eigenvalue weighted by Gasteiger charge is 2.59. The fraction of sp³-hybridized carbons (Fsp3) is 0.286. The standard InChI is InChI=1S/C42H44N2O4S/c45-49(46,40-24-14-5-15-25-40)44(33-42(37-22-12-4-13-23-37)27-39(42)31-48-29-35-18-8-2-9-19-35)43-32-41(36-20-10-3-11-21-36)26-38(41)30-47-28-34-16-6-1-7-17-34/h1-25,38-39,43H,26-33H2/t38-,39-,41-,42-/m0/s1. The van der Waals surface area contributed by atoms with Crippen LogP contribution in [0.5, 0.6) is 0 Å². The highest BCUT2D eigenvalue weighted by atomic mass is 32.2. The Morgan fingerprint density at radius 1 is 0.571 bits per heavy atom. The van der Waals surface area contributed by atoms with Crippen molar-refractivity contribution in [3.8, 4) is 0 Å². The van der Waals surface area contributed by atoms with Gasteiger partial charge in [0.2, 0.25) is 0 Å². The fourth-order valence-electron chi connectivity index (χ4n) is 7.27. The molecule has 0 amide bonds. The van der Waals surface area contributed by atoms with Gasteiger partial charge in [-0.2, -0.15) is 0 Å². The van der Waals surface area contributed by atoms with Gasteiger partial charge in [0.05, 0.1) is 31.3 Å². The number of hydrogen-bond donors (Lipinski definition) is 1. The second kappa shape index (κ2) is 14.8. The Hall–Kier alpha value is -4.11. The van der Waals surface area contributed by atoms with Crippen molar-refractivity contribution in [1.29, 1.82) is 0 Å². The van der Waals surface area contributed by atoms with Crippen molar-refractivity contribution >= 4 is 10.0 Å². The lowest BCUT2D eigenvalue weighted by atomic mass is 9.93. The third kappa shape index (κ3) is 7.57. The van der Waals surface area contributed by atoms with Crippen LogP contribution < -0.4 is 5.43 Å². The summed E-state index contributed by atoms with van der Waals surface area (Å²) in [6.45, 7) is 3.01. The van der Waals surface area contributed by atoms with Crippen molar-refractivity contribution in [1.82, 2.24) is 9.84 Å². The molecule has 7 rings (SSSR count). The van der Waals surface area contributed by atoms with Crippen LogP contribution in [0.1, 0.15) is 35.1 Å². The smallest absolute Gasteiger partial charge is 0.255 e. The molecule has 2 fully saturated rings. The van der Waals surface area contributed by atoms with Gasteiger partial charge in [-0.25, -0.2) is 13.8 Å². The molecule has 0 radical (unpaired) electrons. The number of hydrazine groups is 1. The van der Waals surface area contributed by atoms with E-state index >= 15 is 0 Å². The van der Waals surface area contributed by atoms with Gasteiger partial charge in [0.1, 0.15) is 0 Å². The summed E-state index contributed by atoms with van der Waals surface area (Å²) < 4.78 is 42.9.